The first kappa shape index (κ1) is 23.6. The number of amides is 1. The fourth-order valence-corrected chi connectivity index (χ4v) is 4.88. The number of carbonyl (C=O) groups excluding carboxylic acids is 2. The molecule has 3 N–H and O–H groups in total. The molecule has 2 heterocycles. The fourth-order valence-electron chi connectivity index (χ4n) is 3.88. The Bertz CT molecular complexity index is 1350. The van der Waals surface area contributed by atoms with E-state index in [1.54, 1.807) is 12.3 Å². The molecule has 2 aromatic carbocycles. The van der Waals surface area contributed by atoms with Crippen molar-refractivity contribution in [1.82, 2.24) is 4.98 Å². The van der Waals surface area contributed by atoms with E-state index in [1.165, 1.54) is 11.3 Å². The van der Waals surface area contributed by atoms with Crippen molar-refractivity contribution in [3.8, 4) is 0 Å². The van der Waals surface area contributed by atoms with E-state index in [4.69, 9.17) is 10.5 Å². The molecule has 1 amide bonds. The zero-order chi connectivity index (χ0) is 24.2. The number of esters is 1. The number of carbonyl (C=O) groups is 2. The van der Waals surface area contributed by atoms with E-state index in [1.807, 2.05) is 69.4 Å². The van der Waals surface area contributed by atoms with Gasteiger partial charge in [-0.2, -0.15) is 0 Å². The zero-order valence-electron chi connectivity index (χ0n) is 19.4. The normalized spacial score (nSPS) is 11.9. The maximum absolute atomic E-state index is 12.9. The number of benzene rings is 2. The number of nitrogens with one attached hydrogen (secondary N) is 1. The summed E-state index contributed by atoms with van der Waals surface area (Å²) in [6.45, 7) is 6.21. The van der Waals surface area contributed by atoms with Gasteiger partial charge in [-0.15, -0.1) is 11.3 Å². The molecule has 0 aliphatic rings. The van der Waals surface area contributed by atoms with Crippen molar-refractivity contribution in [2.75, 3.05) is 11.9 Å². The number of fused-ring (bicyclic) bond motifs is 1. The van der Waals surface area contributed by atoms with Crippen molar-refractivity contribution in [2.24, 2.45) is 5.73 Å². The molecule has 1 atom stereocenters. The van der Waals surface area contributed by atoms with Crippen LogP contribution in [0, 0.1) is 20.8 Å². The maximum atomic E-state index is 12.9. The molecule has 0 spiro atoms. The standard InChI is InChI=1S/C27H27N3O3S/c1-16-4-9-21(17(2)10-16)27(32)33-15-19-5-7-20(8-6-19)23(12-28)26(31)30-25-11-22-18(3)13-29-14-24(22)34-25/h4-11,13-14,23H,12,15,28H2,1-3H3,(H,30,31). The van der Waals surface area contributed by atoms with Crippen LogP contribution in [0.2, 0.25) is 0 Å². The summed E-state index contributed by atoms with van der Waals surface area (Å²) in [5.74, 6) is -1.00. The molecular formula is C27H27N3O3S. The van der Waals surface area contributed by atoms with Gasteiger partial charge in [0.1, 0.15) is 6.61 Å². The highest BCUT2D eigenvalue weighted by molar-refractivity contribution is 7.23. The minimum Gasteiger partial charge on any atom is -0.457 e. The van der Waals surface area contributed by atoms with Gasteiger partial charge in [-0.3, -0.25) is 9.78 Å². The van der Waals surface area contributed by atoms with Crippen LogP contribution in [0.3, 0.4) is 0 Å². The van der Waals surface area contributed by atoms with Crippen LogP contribution in [0.1, 0.15) is 44.1 Å². The van der Waals surface area contributed by atoms with Crippen LogP contribution in [0.5, 0.6) is 0 Å². The number of pyridine rings is 1. The number of nitrogens with two attached hydrogens (primary N) is 1. The molecular weight excluding hydrogens is 446 g/mol. The van der Waals surface area contributed by atoms with E-state index < -0.39 is 5.92 Å². The summed E-state index contributed by atoms with van der Waals surface area (Å²) in [7, 11) is 0. The van der Waals surface area contributed by atoms with Gasteiger partial charge in [0.05, 0.1) is 21.2 Å². The Morgan fingerprint density at radius 1 is 1.03 bits per heavy atom. The molecule has 0 aliphatic carbocycles. The Labute approximate surface area is 202 Å². The third-order valence-corrected chi connectivity index (χ3v) is 6.78. The summed E-state index contributed by atoms with van der Waals surface area (Å²) in [6, 6.07) is 15.0. The second kappa shape index (κ2) is 10.2. The molecule has 4 rings (SSSR count). The smallest absolute Gasteiger partial charge is 0.338 e. The predicted molar refractivity (Wildman–Crippen MR) is 136 cm³/mol. The van der Waals surface area contributed by atoms with Crippen molar-refractivity contribution in [3.63, 3.8) is 0 Å². The number of anilines is 1. The number of hydrogen-bond donors (Lipinski definition) is 2. The van der Waals surface area contributed by atoms with Crippen LogP contribution in [-0.2, 0) is 16.1 Å². The van der Waals surface area contributed by atoms with Crippen LogP contribution < -0.4 is 11.1 Å². The zero-order valence-corrected chi connectivity index (χ0v) is 20.2. The van der Waals surface area contributed by atoms with Crippen LogP contribution in [0.25, 0.3) is 10.1 Å². The van der Waals surface area contributed by atoms with E-state index in [0.29, 0.717) is 5.56 Å². The number of ether oxygens (including phenoxy) is 1. The first-order valence-electron chi connectivity index (χ1n) is 11.0. The molecule has 174 valence electrons. The van der Waals surface area contributed by atoms with Crippen LogP contribution in [0.4, 0.5) is 5.00 Å². The molecule has 7 heteroatoms. The van der Waals surface area contributed by atoms with Gasteiger partial charge in [-0.05, 0) is 55.2 Å². The van der Waals surface area contributed by atoms with Crippen molar-refractivity contribution < 1.29 is 14.3 Å². The number of hydrogen-bond acceptors (Lipinski definition) is 6. The number of aryl methyl sites for hydroxylation is 3. The lowest BCUT2D eigenvalue weighted by molar-refractivity contribution is -0.117. The van der Waals surface area contributed by atoms with Gasteiger partial charge in [0, 0.05) is 24.3 Å². The van der Waals surface area contributed by atoms with Gasteiger partial charge in [0.15, 0.2) is 0 Å². The Balaban J connectivity index is 1.40. The van der Waals surface area contributed by atoms with Crippen LogP contribution in [0.15, 0.2) is 60.9 Å². The van der Waals surface area contributed by atoms with Gasteiger partial charge < -0.3 is 15.8 Å². The molecule has 34 heavy (non-hydrogen) atoms. The Kier molecular flexibility index (Phi) is 7.05. The highest BCUT2D eigenvalue weighted by Crippen LogP contribution is 2.31. The SMILES string of the molecule is Cc1ccc(C(=O)OCc2ccc(C(CN)C(=O)Nc3cc4c(C)cncc4s3)cc2)c(C)c1. The van der Waals surface area contributed by atoms with Crippen molar-refractivity contribution in [1.29, 1.82) is 0 Å². The Morgan fingerprint density at radius 3 is 2.47 bits per heavy atom. The fraction of sp³-hybridized carbons (Fsp3) is 0.222. The summed E-state index contributed by atoms with van der Waals surface area (Å²) in [5, 5.41) is 4.84. The number of rotatable bonds is 7. The van der Waals surface area contributed by atoms with Crippen LogP contribution >= 0.6 is 11.3 Å². The second-order valence-corrected chi connectivity index (χ2v) is 9.48. The molecule has 4 aromatic rings. The van der Waals surface area contributed by atoms with E-state index in [0.717, 1.165) is 42.9 Å². The maximum Gasteiger partial charge on any atom is 0.338 e. The summed E-state index contributed by atoms with van der Waals surface area (Å²) in [5.41, 5.74) is 11.2. The largest absolute Gasteiger partial charge is 0.457 e. The lowest BCUT2D eigenvalue weighted by Gasteiger charge is -2.15. The van der Waals surface area contributed by atoms with E-state index in [9.17, 15) is 9.59 Å². The third kappa shape index (κ3) is 5.16. The highest BCUT2D eigenvalue weighted by Gasteiger charge is 2.20. The lowest BCUT2D eigenvalue weighted by atomic mass is 9.97. The monoisotopic (exact) mass is 473 g/mol. The van der Waals surface area contributed by atoms with E-state index in [-0.39, 0.29) is 25.0 Å². The first-order valence-corrected chi connectivity index (χ1v) is 11.9. The molecule has 6 nitrogen and oxygen atoms in total. The Morgan fingerprint density at radius 2 is 1.79 bits per heavy atom. The van der Waals surface area contributed by atoms with Gasteiger partial charge in [0.25, 0.3) is 0 Å². The molecule has 2 aromatic heterocycles. The average molecular weight is 474 g/mol. The topological polar surface area (TPSA) is 94.3 Å². The Hall–Kier alpha value is -3.55. The molecule has 0 saturated carbocycles. The van der Waals surface area contributed by atoms with Crippen molar-refractivity contribution in [2.45, 2.75) is 33.3 Å². The lowest BCUT2D eigenvalue weighted by Crippen LogP contribution is -2.27. The van der Waals surface area contributed by atoms with Crippen molar-refractivity contribution >= 4 is 38.3 Å². The number of nitrogens with zero attached hydrogens (tertiary/aromatic N) is 1. The van der Waals surface area contributed by atoms with E-state index >= 15 is 0 Å². The summed E-state index contributed by atoms with van der Waals surface area (Å²) < 4.78 is 6.51. The average Bonchev–Trinajstić information content (AvgIpc) is 3.22. The number of thiophene rings is 1. The molecule has 0 saturated heterocycles. The quantitative estimate of drug-likeness (QED) is 0.357. The van der Waals surface area contributed by atoms with Crippen molar-refractivity contribution in [3.05, 3.63) is 94.3 Å². The minimum absolute atomic E-state index is 0.154. The van der Waals surface area contributed by atoms with E-state index in [2.05, 4.69) is 10.3 Å². The molecule has 0 radical (unpaired) electrons. The second-order valence-electron chi connectivity index (χ2n) is 8.39. The third-order valence-electron chi connectivity index (χ3n) is 5.80. The summed E-state index contributed by atoms with van der Waals surface area (Å²) >= 11 is 1.49. The van der Waals surface area contributed by atoms with Gasteiger partial charge in [0.2, 0.25) is 5.91 Å². The molecule has 0 fully saturated rings. The minimum atomic E-state index is -0.490. The highest BCUT2D eigenvalue weighted by atomic mass is 32.1. The van der Waals surface area contributed by atoms with Crippen LogP contribution in [-0.4, -0.2) is 23.4 Å². The summed E-state index contributed by atoms with van der Waals surface area (Å²) in [6.07, 6.45) is 3.61. The molecule has 0 bridgehead atoms. The summed E-state index contributed by atoms with van der Waals surface area (Å²) in [4.78, 5) is 29.6. The van der Waals surface area contributed by atoms with Gasteiger partial charge in [-0.1, -0.05) is 42.0 Å². The molecule has 1 unspecified atom stereocenters. The van der Waals surface area contributed by atoms with Gasteiger partial charge in [-0.25, -0.2) is 4.79 Å². The van der Waals surface area contributed by atoms with Gasteiger partial charge >= 0.3 is 5.97 Å². The first-order chi connectivity index (χ1) is 16.4. The molecule has 0 aliphatic heterocycles. The predicted octanol–water partition coefficient (Wildman–Crippen LogP) is 5.26. The number of aromatic nitrogens is 1.